The van der Waals surface area contributed by atoms with Gasteiger partial charge in [0.15, 0.2) is 4.34 Å². The van der Waals surface area contributed by atoms with Gasteiger partial charge in [-0.05, 0) is 18.2 Å². The predicted molar refractivity (Wildman–Crippen MR) is 61.8 cm³/mol. The highest BCUT2D eigenvalue weighted by atomic mass is 32.2. The van der Waals surface area contributed by atoms with Gasteiger partial charge in [-0.3, -0.25) is 0 Å². The third kappa shape index (κ3) is 2.31. The first-order valence-corrected chi connectivity index (χ1v) is 5.93. The van der Waals surface area contributed by atoms with Gasteiger partial charge in [0.25, 0.3) is 0 Å². The van der Waals surface area contributed by atoms with E-state index in [1.54, 1.807) is 17.6 Å². The summed E-state index contributed by atoms with van der Waals surface area (Å²) < 4.78 is 0.765. The second-order valence-electron chi connectivity index (χ2n) is 2.86. The van der Waals surface area contributed by atoms with Crippen LogP contribution in [0, 0.1) is 0 Å². The molecule has 0 unspecified atom stereocenters. The standard InChI is InChI=1S/C9H7N3O2S2/c10-7-2-1-5(3-6(7)8(13)14)16-9-12-11-4-15-9/h1-4H,10H2,(H,13,14). The molecule has 3 N–H and O–H groups in total. The maximum absolute atomic E-state index is 10.9. The van der Waals surface area contributed by atoms with Gasteiger partial charge in [0.2, 0.25) is 0 Å². The van der Waals surface area contributed by atoms with Crippen LogP contribution in [-0.4, -0.2) is 21.3 Å². The van der Waals surface area contributed by atoms with Crippen LogP contribution in [0.1, 0.15) is 10.4 Å². The van der Waals surface area contributed by atoms with Gasteiger partial charge in [0.1, 0.15) is 5.51 Å². The Kier molecular flexibility index (Phi) is 3.07. The Balaban J connectivity index is 2.29. The van der Waals surface area contributed by atoms with E-state index in [1.165, 1.54) is 29.2 Å². The van der Waals surface area contributed by atoms with Gasteiger partial charge >= 0.3 is 5.97 Å². The summed E-state index contributed by atoms with van der Waals surface area (Å²) in [5, 5.41) is 16.5. The smallest absolute Gasteiger partial charge is 0.337 e. The number of rotatable bonds is 3. The van der Waals surface area contributed by atoms with E-state index in [0.717, 1.165) is 9.24 Å². The summed E-state index contributed by atoms with van der Waals surface area (Å²) in [7, 11) is 0. The Morgan fingerprint density at radius 3 is 2.94 bits per heavy atom. The van der Waals surface area contributed by atoms with E-state index in [0.29, 0.717) is 0 Å². The van der Waals surface area contributed by atoms with Crippen LogP contribution in [-0.2, 0) is 0 Å². The first-order chi connectivity index (χ1) is 7.66. The number of nitrogens with zero attached hydrogens (tertiary/aromatic N) is 2. The van der Waals surface area contributed by atoms with Crippen LogP contribution in [0.15, 0.2) is 32.9 Å². The summed E-state index contributed by atoms with van der Waals surface area (Å²) in [5.41, 5.74) is 7.54. The Morgan fingerprint density at radius 1 is 1.50 bits per heavy atom. The number of nitrogen functional groups attached to an aromatic ring is 1. The highest BCUT2D eigenvalue weighted by molar-refractivity contribution is 8.01. The molecule has 1 aromatic carbocycles. The summed E-state index contributed by atoms with van der Waals surface area (Å²) in [5.74, 6) is -1.03. The maximum Gasteiger partial charge on any atom is 0.337 e. The molecule has 2 rings (SSSR count). The van der Waals surface area contributed by atoms with Crippen LogP contribution in [0.2, 0.25) is 0 Å². The van der Waals surface area contributed by atoms with E-state index in [4.69, 9.17) is 10.8 Å². The Hall–Kier alpha value is -1.60. The second-order valence-corrected chi connectivity index (χ2v) is 5.01. The Bertz CT molecular complexity index is 513. The number of hydrogen-bond acceptors (Lipinski definition) is 6. The minimum Gasteiger partial charge on any atom is -0.478 e. The largest absolute Gasteiger partial charge is 0.478 e. The molecule has 0 amide bonds. The lowest BCUT2D eigenvalue weighted by Crippen LogP contribution is -2.01. The number of carboxylic acids is 1. The van der Waals surface area contributed by atoms with Crippen LogP contribution in [0.4, 0.5) is 5.69 Å². The van der Waals surface area contributed by atoms with Crippen molar-refractivity contribution in [3.8, 4) is 0 Å². The molecule has 0 bridgehead atoms. The van der Waals surface area contributed by atoms with Crippen LogP contribution in [0.3, 0.4) is 0 Å². The van der Waals surface area contributed by atoms with E-state index in [2.05, 4.69) is 10.2 Å². The van der Waals surface area contributed by atoms with Gasteiger partial charge in [0, 0.05) is 10.6 Å². The lowest BCUT2D eigenvalue weighted by molar-refractivity contribution is 0.0698. The second kappa shape index (κ2) is 4.50. The Labute approximate surface area is 99.3 Å². The van der Waals surface area contributed by atoms with Gasteiger partial charge in [0.05, 0.1) is 5.56 Å². The van der Waals surface area contributed by atoms with Crippen molar-refractivity contribution < 1.29 is 9.90 Å². The maximum atomic E-state index is 10.9. The number of nitrogens with two attached hydrogens (primary N) is 1. The van der Waals surface area contributed by atoms with E-state index in [9.17, 15) is 4.79 Å². The van der Waals surface area contributed by atoms with Crippen LogP contribution >= 0.6 is 23.1 Å². The lowest BCUT2D eigenvalue weighted by atomic mass is 10.2. The summed E-state index contributed by atoms with van der Waals surface area (Å²) in [4.78, 5) is 11.6. The summed E-state index contributed by atoms with van der Waals surface area (Å²) in [6, 6.07) is 4.87. The molecule has 2 aromatic rings. The van der Waals surface area contributed by atoms with E-state index in [1.807, 2.05) is 0 Å². The summed E-state index contributed by atoms with van der Waals surface area (Å²) in [6.07, 6.45) is 0. The number of carboxylic acid groups (broad SMARTS) is 1. The van der Waals surface area contributed by atoms with Crippen molar-refractivity contribution in [2.45, 2.75) is 9.24 Å². The fourth-order valence-electron chi connectivity index (χ4n) is 1.09. The molecule has 0 atom stereocenters. The van der Waals surface area contributed by atoms with Crippen molar-refractivity contribution in [3.63, 3.8) is 0 Å². The van der Waals surface area contributed by atoms with Gasteiger partial charge in [-0.2, -0.15) is 0 Å². The monoisotopic (exact) mass is 253 g/mol. The molecule has 16 heavy (non-hydrogen) atoms. The number of anilines is 1. The number of hydrogen-bond donors (Lipinski definition) is 2. The number of aromatic carboxylic acids is 1. The minimum atomic E-state index is -1.03. The number of carbonyl (C=O) groups is 1. The van der Waals surface area contributed by atoms with Crippen LogP contribution in [0.25, 0.3) is 0 Å². The number of benzene rings is 1. The molecule has 1 heterocycles. The van der Waals surface area contributed by atoms with Crippen molar-refractivity contribution in [1.82, 2.24) is 10.2 Å². The molecule has 0 fully saturated rings. The molecule has 82 valence electrons. The first kappa shape index (κ1) is 10.9. The fraction of sp³-hybridized carbons (Fsp3) is 0. The van der Waals surface area contributed by atoms with Crippen molar-refractivity contribution in [1.29, 1.82) is 0 Å². The van der Waals surface area contributed by atoms with Crippen molar-refractivity contribution in [2.24, 2.45) is 0 Å². The third-order valence-electron chi connectivity index (χ3n) is 1.80. The molecule has 5 nitrogen and oxygen atoms in total. The molecule has 7 heteroatoms. The van der Waals surface area contributed by atoms with Crippen molar-refractivity contribution >= 4 is 34.8 Å². The van der Waals surface area contributed by atoms with E-state index >= 15 is 0 Å². The summed E-state index contributed by atoms with van der Waals surface area (Å²) in [6.45, 7) is 0. The van der Waals surface area contributed by atoms with Gasteiger partial charge in [-0.25, -0.2) is 4.79 Å². The molecule has 0 aliphatic carbocycles. The van der Waals surface area contributed by atoms with Gasteiger partial charge in [-0.1, -0.05) is 23.1 Å². The average Bonchev–Trinajstić information content (AvgIpc) is 2.73. The van der Waals surface area contributed by atoms with Crippen molar-refractivity contribution in [3.05, 3.63) is 29.3 Å². The molecule has 0 saturated heterocycles. The first-order valence-electron chi connectivity index (χ1n) is 4.23. The molecule has 1 aromatic heterocycles. The van der Waals surface area contributed by atoms with E-state index in [-0.39, 0.29) is 11.3 Å². The minimum absolute atomic E-state index is 0.106. The molecule has 0 aliphatic rings. The predicted octanol–water partition coefficient (Wildman–Crippen LogP) is 1.97. The third-order valence-corrected chi connectivity index (χ3v) is 3.57. The Morgan fingerprint density at radius 2 is 2.31 bits per heavy atom. The molecule has 0 radical (unpaired) electrons. The normalized spacial score (nSPS) is 10.2. The van der Waals surface area contributed by atoms with Gasteiger partial charge < -0.3 is 10.8 Å². The topological polar surface area (TPSA) is 89.1 Å². The molecule has 0 saturated carbocycles. The highest BCUT2D eigenvalue weighted by Gasteiger charge is 2.10. The zero-order chi connectivity index (χ0) is 11.5. The van der Waals surface area contributed by atoms with Crippen molar-refractivity contribution in [2.75, 3.05) is 5.73 Å². The average molecular weight is 253 g/mol. The molecular formula is C9H7N3O2S2. The van der Waals surface area contributed by atoms with E-state index < -0.39 is 5.97 Å². The highest BCUT2D eigenvalue weighted by Crippen LogP contribution is 2.30. The fourth-order valence-corrected chi connectivity index (χ4v) is 2.58. The van der Waals surface area contributed by atoms with Gasteiger partial charge in [-0.15, -0.1) is 10.2 Å². The van der Waals surface area contributed by atoms with Crippen LogP contribution < -0.4 is 5.73 Å². The molecular weight excluding hydrogens is 246 g/mol. The zero-order valence-electron chi connectivity index (χ0n) is 7.95. The summed E-state index contributed by atoms with van der Waals surface area (Å²) >= 11 is 2.76. The SMILES string of the molecule is Nc1ccc(Sc2nncs2)cc1C(=O)O. The number of aromatic nitrogens is 2. The lowest BCUT2D eigenvalue weighted by Gasteiger charge is -2.02. The molecule has 0 spiro atoms. The molecule has 0 aliphatic heterocycles. The van der Waals surface area contributed by atoms with Crippen LogP contribution in [0.5, 0.6) is 0 Å². The quantitative estimate of drug-likeness (QED) is 0.813. The zero-order valence-corrected chi connectivity index (χ0v) is 9.59.